The number of nitro groups is 1. The molecule has 3 rings (SSSR count). The first kappa shape index (κ1) is 14.5. The number of ether oxygens (including phenoxy) is 1. The van der Waals surface area contributed by atoms with E-state index in [0.717, 1.165) is 13.0 Å². The molecule has 116 valence electrons. The Balaban J connectivity index is 1.79. The van der Waals surface area contributed by atoms with Crippen molar-refractivity contribution in [2.45, 2.75) is 13.0 Å². The van der Waals surface area contributed by atoms with Gasteiger partial charge in [-0.3, -0.25) is 4.68 Å². The van der Waals surface area contributed by atoms with E-state index in [2.05, 4.69) is 15.4 Å². The molecular formula is C12H14N6O3S. The minimum absolute atomic E-state index is 0.0924. The summed E-state index contributed by atoms with van der Waals surface area (Å²) in [5, 5.41) is 20.2. The van der Waals surface area contributed by atoms with Crippen LogP contribution in [0.2, 0.25) is 0 Å². The van der Waals surface area contributed by atoms with Crippen molar-refractivity contribution in [1.29, 1.82) is 0 Å². The Bertz CT molecular complexity index is 792. The van der Waals surface area contributed by atoms with Crippen LogP contribution in [0, 0.1) is 10.1 Å². The minimum atomic E-state index is -0.454. The van der Waals surface area contributed by atoms with Crippen LogP contribution in [0.5, 0.6) is 0 Å². The van der Waals surface area contributed by atoms with Crippen LogP contribution in [-0.2, 0) is 11.3 Å². The summed E-state index contributed by atoms with van der Waals surface area (Å²) >= 11 is 1.34. The van der Waals surface area contributed by atoms with Crippen LogP contribution in [0.3, 0.4) is 0 Å². The average molecular weight is 322 g/mol. The summed E-state index contributed by atoms with van der Waals surface area (Å²) < 4.78 is 8.19. The van der Waals surface area contributed by atoms with Crippen molar-refractivity contribution >= 4 is 33.8 Å². The molecule has 0 amide bonds. The molecular weight excluding hydrogens is 308 g/mol. The van der Waals surface area contributed by atoms with Crippen molar-refractivity contribution in [3.63, 3.8) is 0 Å². The maximum Gasteiger partial charge on any atom is 0.373 e. The summed E-state index contributed by atoms with van der Waals surface area (Å²) in [7, 11) is 1.65. The molecule has 0 saturated carbocycles. The SMILES string of the molecule is COCCCn1ccc(Nc2nc3sccn3c2[N+](=O)[O-])n1. The van der Waals surface area contributed by atoms with Crippen molar-refractivity contribution in [1.82, 2.24) is 19.2 Å². The number of aryl methyl sites for hydroxylation is 1. The van der Waals surface area contributed by atoms with E-state index in [0.29, 0.717) is 17.4 Å². The predicted octanol–water partition coefficient (Wildman–Crippen LogP) is 2.28. The molecule has 10 heteroatoms. The fourth-order valence-electron chi connectivity index (χ4n) is 2.08. The normalized spacial score (nSPS) is 11.1. The molecule has 0 saturated heterocycles. The Hall–Kier alpha value is -2.46. The smallest absolute Gasteiger partial charge is 0.373 e. The number of fused-ring (bicyclic) bond motifs is 1. The van der Waals surface area contributed by atoms with Gasteiger partial charge in [0.25, 0.3) is 4.96 Å². The number of thiazole rings is 1. The van der Waals surface area contributed by atoms with Gasteiger partial charge in [0.1, 0.15) is 6.20 Å². The molecule has 0 fully saturated rings. The van der Waals surface area contributed by atoms with Gasteiger partial charge in [-0.15, -0.1) is 0 Å². The molecule has 0 atom stereocenters. The number of imidazole rings is 1. The Labute approximate surface area is 129 Å². The molecule has 0 aliphatic rings. The Morgan fingerprint density at radius 1 is 1.50 bits per heavy atom. The van der Waals surface area contributed by atoms with Gasteiger partial charge in [-0.2, -0.15) is 14.5 Å². The third kappa shape index (κ3) is 2.78. The molecule has 0 aliphatic carbocycles. The van der Waals surface area contributed by atoms with Crippen molar-refractivity contribution in [3.8, 4) is 0 Å². The zero-order valence-corrected chi connectivity index (χ0v) is 12.6. The molecule has 0 spiro atoms. The number of hydrogen-bond acceptors (Lipinski definition) is 7. The highest BCUT2D eigenvalue weighted by atomic mass is 32.1. The summed E-state index contributed by atoms with van der Waals surface area (Å²) in [5.41, 5.74) is 0. The van der Waals surface area contributed by atoms with Crippen LogP contribution in [0.15, 0.2) is 23.8 Å². The Morgan fingerprint density at radius 3 is 3.14 bits per heavy atom. The van der Waals surface area contributed by atoms with E-state index in [1.54, 1.807) is 29.4 Å². The maximum atomic E-state index is 11.2. The first-order valence-electron chi connectivity index (χ1n) is 6.58. The standard InChI is InChI=1S/C12H14N6O3S/c1-21-7-2-4-16-5-3-9(15-16)13-10-11(18(19)20)17-6-8-22-12(17)14-10/h3,5-6,8H,2,4,7H2,1H3,(H,13,15). The zero-order valence-electron chi connectivity index (χ0n) is 11.8. The number of nitrogens with one attached hydrogen (secondary N) is 1. The van der Waals surface area contributed by atoms with E-state index in [1.807, 2.05) is 6.20 Å². The lowest BCUT2D eigenvalue weighted by Gasteiger charge is -2.01. The van der Waals surface area contributed by atoms with Crippen molar-refractivity contribution in [2.24, 2.45) is 0 Å². The number of hydrogen-bond donors (Lipinski definition) is 1. The van der Waals surface area contributed by atoms with Crippen LogP contribution < -0.4 is 5.32 Å². The van der Waals surface area contributed by atoms with E-state index < -0.39 is 4.92 Å². The topological polar surface area (TPSA) is 99.5 Å². The van der Waals surface area contributed by atoms with Gasteiger partial charge in [0.05, 0.1) is 0 Å². The predicted molar refractivity (Wildman–Crippen MR) is 81.7 cm³/mol. The minimum Gasteiger partial charge on any atom is -0.385 e. The lowest BCUT2D eigenvalue weighted by molar-refractivity contribution is -0.389. The zero-order chi connectivity index (χ0) is 15.5. The van der Waals surface area contributed by atoms with E-state index in [-0.39, 0.29) is 11.6 Å². The number of aromatic nitrogens is 4. The molecule has 0 unspecified atom stereocenters. The second-order valence-corrected chi connectivity index (χ2v) is 5.41. The van der Waals surface area contributed by atoms with Crippen LogP contribution in [0.1, 0.15) is 6.42 Å². The summed E-state index contributed by atoms with van der Waals surface area (Å²) in [4.78, 5) is 15.6. The van der Waals surface area contributed by atoms with Gasteiger partial charge in [-0.25, -0.2) is 0 Å². The highest BCUT2D eigenvalue weighted by molar-refractivity contribution is 7.15. The number of methoxy groups -OCH3 is 1. The van der Waals surface area contributed by atoms with Crippen LogP contribution in [0.4, 0.5) is 17.5 Å². The Kier molecular flexibility index (Phi) is 4.02. The monoisotopic (exact) mass is 322 g/mol. The highest BCUT2D eigenvalue weighted by Crippen LogP contribution is 2.29. The molecule has 0 aliphatic heterocycles. The van der Waals surface area contributed by atoms with Gasteiger partial charge in [0.2, 0.25) is 5.82 Å². The average Bonchev–Trinajstić information content (AvgIpc) is 3.15. The first-order chi connectivity index (χ1) is 10.7. The molecule has 3 aromatic heterocycles. The van der Waals surface area contributed by atoms with Crippen LogP contribution in [0.25, 0.3) is 4.96 Å². The lowest BCUT2D eigenvalue weighted by atomic mass is 10.4. The first-order valence-corrected chi connectivity index (χ1v) is 7.46. The number of nitrogens with zero attached hydrogens (tertiary/aromatic N) is 5. The van der Waals surface area contributed by atoms with Gasteiger partial charge in [-0.05, 0) is 11.3 Å². The number of rotatable bonds is 7. The quantitative estimate of drug-likeness (QED) is 0.407. The lowest BCUT2D eigenvalue weighted by Crippen LogP contribution is -2.03. The molecule has 1 N–H and O–H groups in total. The summed E-state index contributed by atoms with van der Waals surface area (Å²) in [6.07, 6.45) is 4.28. The molecule has 0 radical (unpaired) electrons. The van der Waals surface area contributed by atoms with Gasteiger partial charge in [0.15, 0.2) is 5.82 Å². The fraction of sp³-hybridized carbons (Fsp3) is 0.333. The van der Waals surface area contributed by atoms with E-state index >= 15 is 0 Å². The van der Waals surface area contributed by atoms with Gasteiger partial charge in [-0.1, -0.05) is 11.3 Å². The largest absolute Gasteiger partial charge is 0.385 e. The molecule has 0 aromatic carbocycles. The van der Waals surface area contributed by atoms with Gasteiger partial charge < -0.3 is 20.2 Å². The third-order valence-electron chi connectivity index (χ3n) is 3.03. The van der Waals surface area contributed by atoms with Crippen molar-refractivity contribution in [2.75, 3.05) is 19.0 Å². The van der Waals surface area contributed by atoms with Gasteiger partial charge in [0, 0.05) is 37.9 Å². The van der Waals surface area contributed by atoms with E-state index in [4.69, 9.17) is 4.74 Å². The summed E-state index contributed by atoms with van der Waals surface area (Å²) in [6.45, 7) is 1.38. The van der Waals surface area contributed by atoms with Gasteiger partial charge >= 0.3 is 5.82 Å². The summed E-state index contributed by atoms with van der Waals surface area (Å²) in [5.74, 6) is 0.621. The van der Waals surface area contributed by atoms with Crippen molar-refractivity contribution < 1.29 is 9.66 Å². The third-order valence-corrected chi connectivity index (χ3v) is 3.79. The fourth-order valence-corrected chi connectivity index (χ4v) is 2.79. The van der Waals surface area contributed by atoms with Crippen molar-refractivity contribution in [3.05, 3.63) is 34.0 Å². The highest BCUT2D eigenvalue weighted by Gasteiger charge is 2.24. The second-order valence-electron chi connectivity index (χ2n) is 4.53. The summed E-state index contributed by atoms with van der Waals surface area (Å²) in [6, 6.07) is 1.75. The second kappa shape index (κ2) is 6.12. The number of anilines is 2. The molecule has 22 heavy (non-hydrogen) atoms. The molecule has 3 heterocycles. The van der Waals surface area contributed by atoms with E-state index in [9.17, 15) is 10.1 Å². The van der Waals surface area contributed by atoms with E-state index in [1.165, 1.54) is 15.7 Å². The molecule has 9 nitrogen and oxygen atoms in total. The van der Waals surface area contributed by atoms with Crippen LogP contribution in [-0.4, -0.2) is 37.8 Å². The molecule has 3 aromatic rings. The Morgan fingerprint density at radius 2 is 2.36 bits per heavy atom. The maximum absolute atomic E-state index is 11.2. The van der Waals surface area contributed by atoms with Crippen LogP contribution >= 0.6 is 11.3 Å². The molecule has 0 bridgehead atoms.